The first kappa shape index (κ1) is 15.5. The van der Waals surface area contributed by atoms with E-state index in [1.54, 1.807) is 6.20 Å². The Labute approximate surface area is 139 Å². The van der Waals surface area contributed by atoms with Crippen molar-refractivity contribution in [3.8, 4) is 0 Å². The molecule has 1 aromatic heterocycles. The summed E-state index contributed by atoms with van der Waals surface area (Å²) >= 11 is 7.50. The Kier molecular flexibility index (Phi) is 5.08. The van der Waals surface area contributed by atoms with Crippen LogP contribution in [0.15, 0.2) is 35.8 Å². The van der Waals surface area contributed by atoms with Crippen LogP contribution in [0.4, 0.5) is 5.13 Å². The molecular formula is C16H18ClN3OS. The topological polar surface area (TPSA) is 45.2 Å². The quantitative estimate of drug-likeness (QED) is 0.907. The van der Waals surface area contributed by atoms with E-state index in [2.05, 4.69) is 21.3 Å². The van der Waals surface area contributed by atoms with Crippen LogP contribution >= 0.6 is 22.9 Å². The predicted octanol–water partition coefficient (Wildman–Crippen LogP) is 3.61. The SMILES string of the molecule is O=C(CCN1CC[C@H](c2cccc(Cl)c2)C1)Nc1nccs1. The minimum Gasteiger partial charge on any atom is -0.302 e. The summed E-state index contributed by atoms with van der Waals surface area (Å²) in [4.78, 5) is 18.3. The number of likely N-dealkylation sites (tertiary alicyclic amines) is 1. The summed E-state index contributed by atoms with van der Waals surface area (Å²) in [5.41, 5.74) is 1.29. The lowest BCUT2D eigenvalue weighted by molar-refractivity contribution is -0.116. The second kappa shape index (κ2) is 7.22. The van der Waals surface area contributed by atoms with Gasteiger partial charge in [0.2, 0.25) is 5.91 Å². The molecule has 6 heteroatoms. The molecule has 22 heavy (non-hydrogen) atoms. The van der Waals surface area contributed by atoms with Crippen molar-refractivity contribution in [3.63, 3.8) is 0 Å². The molecule has 1 aromatic carbocycles. The van der Waals surface area contributed by atoms with Crippen molar-refractivity contribution < 1.29 is 4.79 Å². The molecule has 1 saturated heterocycles. The Hall–Kier alpha value is -1.43. The van der Waals surface area contributed by atoms with Gasteiger partial charge in [0.25, 0.3) is 0 Å². The number of thiazole rings is 1. The monoisotopic (exact) mass is 335 g/mol. The van der Waals surface area contributed by atoms with E-state index in [0.29, 0.717) is 17.5 Å². The van der Waals surface area contributed by atoms with Crippen molar-refractivity contribution >= 4 is 34.0 Å². The highest BCUT2D eigenvalue weighted by molar-refractivity contribution is 7.13. The van der Waals surface area contributed by atoms with Crippen molar-refractivity contribution in [2.24, 2.45) is 0 Å². The van der Waals surface area contributed by atoms with E-state index in [9.17, 15) is 4.79 Å². The van der Waals surface area contributed by atoms with Crippen LogP contribution < -0.4 is 5.32 Å². The number of hydrogen-bond acceptors (Lipinski definition) is 4. The van der Waals surface area contributed by atoms with Crippen LogP contribution in [-0.2, 0) is 4.79 Å². The molecule has 116 valence electrons. The van der Waals surface area contributed by atoms with Gasteiger partial charge < -0.3 is 10.2 Å². The molecule has 1 fully saturated rings. The molecule has 0 aliphatic carbocycles. The lowest BCUT2D eigenvalue weighted by Gasteiger charge is -2.15. The Morgan fingerprint density at radius 1 is 1.50 bits per heavy atom. The first-order valence-electron chi connectivity index (χ1n) is 7.38. The predicted molar refractivity (Wildman–Crippen MR) is 90.6 cm³/mol. The maximum Gasteiger partial charge on any atom is 0.227 e. The molecule has 1 amide bonds. The Morgan fingerprint density at radius 3 is 3.18 bits per heavy atom. The number of anilines is 1. The molecule has 0 spiro atoms. The molecule has 1 atom stereocenters. The summed E-state index contributed by atoms with van der Waals surface area (Å²) in [7, 11) is 0. The molecule has 2 heterocycles. The zero-order valence-corrected chi connectivity index (χ0v) is 13.7. The van der Waals surface area contributed by atoms with Crippen LogP contribution in [0.25, 0.3) is 0 Å². The zero-order valence-electron chi connectivity index (χ0n) is 12.2. The van der Waals surface area contributed by atoms with Crippen LogP contribution in [0.1, 0.15) is 24.3 Å². The molecule has 1 N–H and O–H groups in total. The van der Waals surface area contributed by atoms with Crippen molar-refractivity contribution in [2.75, 3.05) is 25.0 Å². The molecule has 4 nitrogen and oxygen atoms in total. The van der Waals surface area contributed by atoms with Crippen LogP contribution in [-0.4, -0.2) is 35.4 Å². The molecule has 0 radical (unpaired) electrons. The Balaban J connectivity index is 1.46. The lowest BCUT2D eigenvalue weighted by Crippen LogP contribution is -2.25. The van der Waals surface area contributed by atoms with Crippen LogP contribution in [0.3, 0.4) is 0 Å². The molecule has 0 saturated carbocycles. The maximum atomic E-state index is 11.9. The fourth-order valence-corrected chi connectivity index (χ4v) is 3.54. The van der Waals surface area contributed by atoms with Crippen LogP contribution in [0.2, 0.25) is 5.02 Å². The molecule has 0 bridgehead atoms. The van der Waals surface area contributed by atoms with Crippen molar-refractivity contribution in [2.45, 2.75) is 18.8 Å². The summed E-state index contributed by atoms with van der Waals surface area (Å²) in [5, 5.41) is 6.13. The van der Waals surface area contributed by atoms with E-state index in [-0.39, 0.29) is 5.91 Å². The molecule has 1 aliphatic heterocycles. The maximum absolute atomic E-state index is 11.9. The van der Waals surface area contributed by atoms with Gasteiger partial charge in [-0.2, -0.15) is 0 Å². The van der Waals surface area contributed by atoms with E-state index in [4.69, 9.17) is 11.6 Å². The third kappa shape index (κ3) is 4.06. The summed E-state index contributed by atoms with van der Waals surface area (Å²) in [6.07, 6.45) is 3.31. The number of rotatable bonds is 5. The van der Waals surface area contributed by atoms with Gasteiger partial charge in [-0.1, -0.05) is 23.7 Å². The molecular weight excluding hydrogens is 318 g/mol. The van der Waals surface area contributed by atoms with Crippen LogP contribution in [0.5, 0.6) is 0 Å². The first-order chi connectivity index (χ1) is 10.7. The summed E-state index contributed by atoms with van der Waals surface area (Å²) < 4.78 is 0. The van der Waals surface area contributed by atoms with Crippen LogP contribution in [0, 0.1) is 0 Å². The molecule has 3 rings (SSSR count). The average Bonchev–Trinajstić information content (AvgIpc) is 3.16. The normalized spacial score (nSPS) is 18.5. The number of aromatic nitrogens is 1. The number of nitrogens with zero attached hydrogens (tertiary/aromatic N) is 2. The second-order valence-corrected chi connectivity index (χ2v) is 6.81. The van der Waals surface area contributed by atoms with Gasteiger partial charge >= 0.3 is 0 Å². The fraction of sp³-hybridized carbons (Fsp3) is 0.375. The summed E-state index contributed by atoms with van der Waals surface area (Å²) in [6.45, 7) is 2.81. The number of benzene rings is 1. The molecule has 2 aromatic rings. The average molecular weight is 336 g/mol. The molecule has 0 unspecified atom stereocenters. The number of hydrogen-bond donors (Lipinski definition) is 1. The van der Waals surface area contributed by atoms with Gasteiger partial charge in [-0.25, -0.2) is 4.98 Å². The van der Waals surface area contributed by atoms with Gasteiger partial charge in [0.1, 0.15) is 0 Å². The minimum atomic E-state index is 0.0288. The highest BCUT2D eigenvalue weighted by atomic mass is 35.5. The highest BCUT2D eigenvalue weighted by Crippen LogP contribution is 2.28. The standard InChI is InChI=1S/C16H18ClN3OS/c17-14-3-1-2-12(10-14)13-4-7-20(11-13)8-5-15(21)19-16-18-6-9-22-16/h1-3,6,9-10,13H,4-5,7-8,11H2,(H,18,19,21)/t13-/m0/s1. The van der Waals surface area contributed by atoms with Gasteiger partial charge in [-0.3, -0.25) is 4.79 Å². The first-order valence-corrected chi connectivity index (χ1v) is 8.63. The number of halogens is 1. The fourth-order valence-electron chi connectivity index (χ4n) is 2.79. The van der Waals surface area contributed by atoms with E-state index in [1.807, 2.05) is 23.6 Å². The minimum absolute atomic E-state index is 0.0288. The van der Waals surface area contributed by atoms with Crippen molar-refractivity contribution in [1.29, 1.82) is 0 Å². The number of carbonyl (C=O) groups is 1. The van der Waals surface area contributed by atoms with Crippen molar-refractivity contribution in [1.82, 2.24) is 9.88 Å². The van der Waals surface area contributed by atoms with E-state index >= 15 is 0 Å². The Bertz CT molecular complexity index is 632. The van der Waals surface area contributed by atoms with E-state index in [1.165, 1.54) is 16.9 Å². The van der Waals surface area contributed by atoms with Gasteiger partial charge in [0.05, 0.1) is 0 Å². The van der Waals surface area contributed by atoms with E-state index in [0.717, 1.165) is 31.1 Å². The summed E-state index contributed by atoms with van der Waals surface area (Å²) in [6, 6.07) is 8.09. The Morgan fingerprint density at radius 2 is 2.41 bits per heavy atom. The number of amides is 1. The highest BCUT2D eigenvalue weighted by Gasteiger charge is 2.24. The number of carbonyl (C=O) groups excluding carboxylic acids is 1. The van der Waals surface area contributed by atoms with Gasteiger partial charge in [0.15, 0.2) is 5.13 Å². The third-order valence-electron chi connectivity index (χ3n) is 3.93. The largest absolute Gasteiger partial charge is 0.302 e. The molecule has 1 aliphatic rings. The third-order valence-corrected chi connectivity index (χ3v) is 4.85. The zero-order chi connectivity index (χ0) is 15.4. The van der Waals surface area contributed by atoms with Gasteiger partial charge in [0, 0.05) is 36.1 Å². The van der Waals surface area contributed by atoms with Gasteiger partial charge in [-0.15, -0.1) is 11.3 Å². The second-order valence-electron chi connectivity index (χ2n) is 5.48. The smallest absolute Gasteiger partial charge is 0.227 e. The van der Waals surface area contributed by atoms with Gasteiger partial charge in [-0.05, 0) is 36.6 Å². The summed E-state index contributed by atoms with van der Waals surface area (Å²) in [5.74, 6) is 0.543. The van der Waals surface area contributed by atoms with E-state index < -0.39 is 0 Å². The number of nitrogens with one attached hydrogen (secondary N) is 1. The lowest BCUT2D eigenvalue weighted by atomic mass is 9.99. The van der Waals surface area contributed by atoms with Crippen molar-refractivity contribution in [3.05, 3.63) is 46.4 Å².